The van der Waals surface area contributed by atoms with E-state index < -0.39 is 12.7 Å². The van der Waals surface area contributed by atoms with E-state index in [1.807, 2.05) is 0 Å². The lowest BCUT2D eigenvalue weighted by Crippen LogP contribution is -2.12. The smallest absolute Gasteiger partial charge is 0.109 e. The lowest BCUT2D eigenvalue weighted by atomic mass is 10.1. The summed E-state index contributed by atoms with van der Waals surface area (Å²) >= 11 is 11.5. The van der Waals surface area contributed by atoms with Gasteiger partial charge in [0.15, 0.2) is 0 Å². The van der Waals surface area contributed by atoms with E-state index in [-0.39, 0.29) is 12.4 Å². The van der Waals surface area contributed by atoms with Crippen molar-refractivity contribution >= 4 is 35.6 Å². The van der Waals surface area contributed by atoms with Gasteiger partial charge in [0.05, 0.1) is 16.1 Å². The molecule has 1 rings (SSSR count). The van der Waals surface area contributed by atoms with Crippen LogP contribution in [0.1, 0.15) is 11.6 Å². The first-order valence-corrected chi connectivity index (χ1v) is 4.18. The molecular weight excluding hydrogens is 235 g/mol. The Morgan fingerprint density at radius 3 is 2.54 bits per heavy atom. The van der Waals surface area contributed by atoms with E-state index in [0.29, 0.717) is 15.6 Å². The van der Waals surface area contributed by atoms with Crippen LogP contribution in [0.15, 0.2) is 18.2 Å². The fraction of sp³-hybridized carbons (Fsp3) is 0.250. The summed E-state index contributed by atoms with van der Waals surface area (Å²) in [5.74, 6) is 0. The van der Waals surface area contributed by atoms with Crippen molar-refractivity contribution in [1.82, 2.24) is 0 Å². The molecule has 0 aliphatic heterocycles. The van der Waals surface area contributed by atoms with Crippen LogP contribution in [0.5, 0.6) is 0 Å². The van der Waals surface area contributed by atoms with Crippen LogP contribution in [0.3, 0.4) is 0 Å². The second-order valence-electron chi connectivity index (χ2n) is 2.40. The summed E-state index contributed by atoms with van der Waals surface area (Å²) < 4.78 is 12.2. The monoisotopic (exact) mass is 243 g/mol. The molecule has 0 fully saturated rings. The Kier molecular flexibility index (Phi) is 5.65. The molecule has 1 aromatic rings. The molecule has 13 heavy (non-hydrogen) atoms. The molecular formula is C8H9Cl3FN. The van der Waals surface area contributed by atoms with Gasteiger partial charge in [-0.05, 0) is 11.6 Å². The van der Waals surface area contributed by atoms with Gasteiger partial charge in [-0.1, -0.05) is 35.3 Å². The van der Waals surface area contributed by atoms with Gasteiger partial charge in [-0.3, -0.25) is 0 Å². The minimum atomic E-state index is -0.684. The van der Waals surface area contributed by atoms with Gasteiger partial charge in [0.2, 0.25) is 0 Å². The Hall–Kier alpha value is -0.0200. The largest absolute Gasteiger partial charge is 0.322 e. The lowest BCUT2D eigenvalue weighted by molar-refractivity contribution is 0.437. The highest BCUT2D eigenvalue weighted by Gasteiger charge is 2.11. The number of alkyl halides is 1. The number of halogens is 4. The van der Waals surface area contributed by atoms with Gasteiger partial charge in [0.25, 0.3) is 0 Å². The molecule has 0 aliphatic carbocycles. The van der Waals surface area contributed by atoms with Crippen molar-refractivity contribution in [2.24, 2.45) is 5.73 Å². The van der Waals surface area contributed by atoms with Gasteiger partial charge in [-0.25, -0.2) is 4.39 Å². The Balaban J connectivity index is 0.00000144. The van der Waals surface area contributed by atoms with Crippen LogP contribution in [-0.4, -0.2) is 6.67 Å². The van der Waals surface area contributed by atoms with Gasteiger partial charge >= 0.3 is 0 Å². The van der Waals surface area contributed by atoms with Crippen LogP contribution in [0.25, 0.3) is 0 Å². The molecule has 1 atom stereocenters. The highest BCUT2D eigenvalue weighted by Crippen LogP contribution is 2.28. The molecule has 1 nitrogen and oxygen atoms in total. The molecule has 0 unspecified atom stereocenters. The normalized spacial score (nSPS) is 12.0. The van der Waals surface area contributed by atoms with Crippen molar-refractivity contribution in [3.63, 3.8) is 0 Å². The molecule has 0 amide bonds. The van der Waals surface area contributed by atoms with Crippen molar-refractivity contribution in [2.75, 3.05) is 6.67 Å². The summed E-state index contributed by atoms with van der Waals surface area (Å²) in [5.41, 5.74) is 5.99. The molecule has 0 saturated heterocycles. The molecule has 0 aliphatic rings. The van der Waals surface area contributed by atoms with Crippen LogP contribution in [0.4, 0.5) is 4.39 Å². The standard InChI is InChI=1S/C8H8Cl2FN.ClH/c9-6-3-1-2-5(8(6)10)7(12)4-11;/h1-3,7H,4,12H2;1H/t7-;/m0./s1. The minimum absolute atomic E-state index is 0. The first kappa shape index (κ1) is 13.0. The van der Waals surface area contributed by atoms with Crippen molar-refractivity contribution in [3.05, 3.63) is 33.8 Å². The maximum absolute atomic E-state index is 12.2. The summed E-state index contributed by atoms with van der Waals surface area (Å²) in [6.45, 7) is -0.639. The molecule has 0 spiro atoms. The third kappa shape index (κ3) is 2.99. The van der Waals surface area contributed by atoms with Gasteiger partial charge in [-0.15, -0.1) is 12.4 Å². The first-order valence-electron chi connectivity index (χ1n) is 3.42. The van der Waals surface area contributed by atoms with Crippen molar-refractivity contribution in [3.8, 4) is 0 Å². The van der Waals surface area contributed by atoms with E-state index in [2.05, 4.69) is 0 Å². The van der Waals surface area contributed by atoms with Crippen LogP contribution in [0.2, 0.25) is 10.0 Å². The second-order valence-corrected chi connectivity index (χ2v) is 3.19. The molecule has 0 heterocycles. The molecule has 74 valence electrons. The van der Waals surface area contributed by atoms with E-state index in [1.165, 1.54) is 0 Å². The lowest BCUT2D eigenvalue weighted by Gasteiger charge is -2.09. The van der Waals surface area contributed by atoms with Gasteiger partial charge < -0.3 is 5.73 Å². The molecule has 0 radical (unpaired) electrons. The van der Waals surface area contributed by atoms with E-state index in [0.717, 1.165) is 0 Å². The molecule has 5 heteroatoms. The zero-order valence-corrected chi connectivity index (χ0v) is 8.96. The Morgan fingerprint density at radius 1 is 1.38 bits per heavy atom. The average Bonchev–Trinajstić information content (AvgIpc) is 2.08. The fourth-order valence-corrected chi connectivity index (χ4v) is 1.34. The Labute approximate surface area is 92.4 Å². The summed E-state index contributed by atoms with van der Waals surface area (Å²) in [6, 6.07) is 4.31. The third-order valence-electron chi connectivity index (χ3n) is 1.55. The molecule has 0 aromatic heterocycles. The van der Waals surface area contributed by atoms with Gasteiger partial charge in [0.1, 0.15) is 6.67 Å². The topological polar surface area (TPSA) is 26.0 Å². The number of hydrogen-bond acceptors (Lipinski definition) is 1. The van der Waals surface area contributed by atoms with Crippen LogP contribution < -0.4 is 5.73 Å². The van der Waals surface area contributed by atoms with Crippen molar-refractivity contribution in [1.29, 1.82) is 0 Å². The number of hydrogen-bond donors (Lipinski definition) is 1. The summed E-state index contributed by atoms with van der Waals surface area (Å²) in [5, 5.41) is 0.738. The van der Waals surface area contributed by atoms with Crippen LogP contribution >= 0.6 is 35.6 Å². The van der Waals surface area contributed by atoms with Crippen molar-refractivity contribution < 1.29 is 4.39 Å². The Bertz CT molecular complexity index is 280. The third-order valence-corrected chi connectivity index (χ3v) is 2.38. The summed E-state index contributed by atoms with van der Waals surface area (Å²) in [6.07, 6.45) is 0. The van der Waals surface area contributed by atoms with Gasteiger partial charge in [0, 0.05) is 0 Å². The van der Waals surface area contributed by atoms with E-state index in [4.69, 9.17) is 28.9 Å². The molecule has 2 N–H and O–H groups in total. The van der Waals surface area contributed by atoms with E-state index in [1.54, 1.807) is 18.2 Å². The van der Waals surface area contributed by atoms with Crippen LogP contribution in [0, 0.1) is 0 Å². The summed E-state index contributed by atoms with van der Waals surface area (Å²) in [4.78, 5) is 0. The maximum Gasteiger partial charge on any atom is 0.109 e. The SMILES string of the molecule is Cl.N[C@@H](CF)c1cccc(Cl)c1Cl. The van der Waals surface area contributed by atoms with E-state index in [9.17, 15) is 4.39 Å². The zero-order chi connectivity index (χ0) is 9.14. The first-order chi connectivity index (χ1) is 5.66. The maximum atomic E-state index is 12.2. The highest BCUT2D eigenvalue weighted by molar-refractivity contribution is 6.42. The number of nitrogens with two attached hydrogens (primary N) is 1. The zero-order valence-electron chi connectivity index (χ0n) is 6.64. The molecule has 1 aromatic carbocycles. The predicted octanol–water partition coefficient (Wildman–Crippen LogP) is 3.38. The predicted molar refractivity (Wildman–Crippen MR) is 56.6 cm³/mol. The van der Waals surface area contributed by atoms with Crippen LogP contribution in [-0.2, 0) is 0 Å². The summed E-state index contributed by atoms with van der Waals surface area (Å²) in [7, 11) is 0. The Morgan fingerprint density at radius 2 is 2.00 bits per heavy atom. The second kappa shape index (κ2) is 5.66. The van der Waals surface area contributed by atoms with Gasteiger partial charge in [-0.2, -0.15) is 0 Å². The minimum Gasteiger partial charge on any atom is -0.322 e. The molecule has 0 bridgehead atoms. The quantitative estimate of drug-likeness (QED) is 0.848. The van der Waals surface area contributed by atoms with Crippen molar-refractivity contribution in [2.45, 2.75) is 6.04 Å². The highest BCUT2D eigenvalue weighted by atomic mass is 35.5. The van der Waals surface area contributed by atoms with E-state index >= 15 is 0 Å². The average molecular weight is 245 g/mol. The number of rotatable bonds is 2. The fourth-order valence-electron chi connectivity index (χ4n) is 0.890. The molecule has 0 saturated carbocycles. The number of benzene rings is 1.